The molecule has 7 nitrogen and oxygen atoms in total. The number of rotatable bonds is 12. The van der Waals surface area contributed by atoms with Crippen molar-refractivity contribution in [2.24, 2.45) is 0 Å². The van der Waals surface area contributed by atoms with Crippen LogP contribution in [0.15, 0.2) is 112 Å². The Labute approximate surface area is 278 Å². The Morgan fingerprint density at radius 1 is 0.870 bits per heavy atom. The second-order valence-corrected chi connectivity index (χ2v) is 14.4. The maximum absolute atomic E-state index is 15.3. The van der Waals surface area contributed by atoms with Gasteiger partial charge in [0.2, 0.25) is 11.8 Å². The molecule has 0 aromatic heterocycles. The van der Waals surface area contributed by atoms with Crippen LogP contribution >= 0.6 is 15.9 Å². The van der Waals surface area contributed by atoms with Crippen LogP contribution < -0.4 is 9.62 Å². The molecular weight excluding hydrogens is 669 g/mol. The molecule has 1 saturated carbocycles. The molecule has 1 unspecified atom stereocenters. The van der Waals surface area contributed by atoms with E-state index in [1.807, 2.05) is 61.5 Å². The maximum atomic E-state index is 15.3. The molecule has 46 heavy (non-hydrogen) atoms. The van der Waals surface area contributed by atoms with Crippen LogP contribution in [0, 0.1) is 12.7 Å². The number of para-hydroxylation sites is 1. The fraction of sp³-hybridized carbons (Fsp3) is 0.278. The second kappa shape index (κ2) is 15.0. The lowest BCUT2D eigenvalue weighted by Crippen LogP contribution is -2.54. The predicted molar refractivity (Wildman–Crippen MR) is 181 cm³/mol. The largest absolute Gasteiger partial charge is 0.352 e. The third kappa shape index (κ3) is 8.22. The fourth-order valence-electron chi connectivity index (χ4n) is 5.71. The first kappa shape index (κ1) is 33.3. The number of hydrogen-bond donors (Lipinski definition) is 1. The quantitative estimate of drug-likeness (QED) is 0.176. The van der Waals surface area contributed by atoms with E-state index in [0.717, 1.165) is 57.2 Å². The van der Waals surface area contributed by atoms with Crippen LogP contribution in [0.3, 0.4) is 0 Å². The van der Waals surface area contributed by atoms with E-state index in [0.29, 0.717) is 0 Å². The molecule has 0 spiro atoms. The molecule has 1 fully saturated rings. The lowest BCUT2D eigenvalue weighted by Gasteiger charge is -2.34. The van der Waals surface area contributed by atoms with Crippen molar-refractivity contribution in [3.05, 3.63) is 130 Å². The van der Waals surface area contributed by atoms with Crippen LogP contribution in [0.5, 0.6) is 0 Å². The zero-order valence-electron chi connectivity index (χ0n) is 25.6. The average Bonchev–Trinajstić information content (AvgIpc) is 3.56. The summed E-state index contributed by atoms with van der Waals surface area (Å²) in [5, 5.41) is 3.15. The number of hydrogen-bond acceptors (Lipinski definition) is 4. The number of carbonyl (C=O) groups excluding carboxylic acids is 2. The summed E-state index contributed by atoms with van der Waals surface area (Å²) in [6.07, 6.45) is 3.97. The van der Waals surface area contributed by atoms with Gasteiger partial charge in [-0.3, -0.25) is 13.9 Å². The Kier molecular flexibility index (Phi) is 10.9. The van der Waals surface area contributed by atoms with E-state index in [-0.39, 0.29) is 35.5 Å². The first-order valence-electron chi connectivity index (χ1n) is 15.3. The molecule has 2 amide bonds. The number of aryl methyl sites for hydroxylation is 1. The number of amides is 2. The van der Waals surface area contributed by atoms with E-state index >= 15 is 4.39 Å². The molecule has 1 N–H and O–H groups in total. The molecule has 0 radical (unpaired) electrons. The number of nitrogens with one attached hydrogen (secondary N) is 1. The van der Waals surface area contributed by atoms with Gasteiger partial charge in [-0.05, 0) is 67.3 Å². The van der Waals surface area contributed by atoms with E-state index in [1.54, 1.807) is 12.1 Å². The van der Waals surface area contributed by atoms with Gasteiger partial charge in [0.05, 0.1) is 10.6 Å². The lowest BCUT2D eigenvalue weighted by molar-refractivity contribution is -0.140. The fourth-order valence-corrected chi connectivity index (χ4v) is 7.40. The van der Waals surface area contributed by atoms with Crippen LogP contribution in [-0.4, -0.2) is 43.8 Å². The zero-order chi connectivity index (χ0) is 32.7. The number of sulfonamides is 1. The molecule has 5 rings (SSSR count). The van der Waals surface area contributed by atoms with E-state index in [1.165, 1.54) is 35.2 Å². The Balaban J connectivity index is 1.57. The van der Waals surface area contributed by atoms with Crippen LogP contribution in [0.1, 0.15) is 42.4 Å². The summed E-state index contributed by atoms with van der Waals surface area (Å²) in [4.78, 5) is 29.9. The molecule has 4 aromatic carbocycles. The van der Waals surface area contributed by atoms with Crippen molar-refractivity contribution in [2.75, 3.05) is 10.8 Å². The van der Waals surface area contributed by atoms with Crippen LogP contribution in [0.25, 0.3) is 0 Å². The first-order chi connectivity index (χ1) is 22.1. The Morgan fingerprint density at radius 3 is 2.15 bits per heavy atom. The molecule has 1 atom stereocenters. The van der Waals surface area contributed by atoms with Crippen molar-refractivity contribution >= 4 is 43.5 Å². The van der Waals surface area contributed by atoms with Gasteiger partial charge < -0.3 is 10.2 Å². The highest BCUT2D eigenvalue weighted by molar-refractivity contribution is 9.10. The summed E-state index contributed by atoms with van der Waals surface area (Å²) in [6.45, 7) is 1.16. The number of carbonyl (C=O) groups is 2. The minimum Gasteiger partial charge on any atom is -0.352 e. The summed E-state index contributed by atoms with van der Waals surface area (Å²) < 4.78 is 45.1. The van der Waals surface area contributed by atoms with E-state index < -0.39 is 34.3 Å². The van der Waals surface area contributed by atoms with Gasteiger partial charge in [-0.1, -0.05) is 101 Å². The van der Waals surface area contributed by atoms with Gasteiger partial charge in [-0.2, -0.15) is 0 Å². The minimum absolute atomic E-state index is 0.00670. The molecule has 1 aliphatic rings. The van der Waals surface area contributed by atoms with Crippen LogP contribution in [-0.2, 0) is 32.6 Å². The topological polar surface area (TPSA) is 86.8 Å². The van der Waals surface area contributed by atoms with Crippen molar-refractivity contribution in [3.8, 4) is 0 Å². The van der Waals surface area contributed by atoms with Crippen LogP contribution in [0.2, 0.25) is 0 Å². The summed E-state index contributed by atoms with van der Waals surface area (Å²) in [5.41, 5.74) is 2.20. The number of anilines is 1. The molecule has 0 heterocycles. The first-order valence-corrected chi connectivity index (χ1v) is 17.6. The van der Waals surface area contributed by atoms with Gasteiger partial charge in [0, 0.05) is 23.5 Å². The monoisotopic (exact) mass is 705 g/mol. The van der Waals surface area contributed by atoms with E-state index in [9.17, 15) is 18.0 Å². The normalized spacial score (nSPS) is 14.1. The molecule has 10 heteroatoms. The standard InChI is InChI=1S/C36H37BrFN3O4S/c1-26-15-21-31(22-16-26)46(44,45)41(33-14-8-7-13-32(33)38)25-35(42)40(24-28-17-19-29(37)20-18-28)34(23-27-9-3-2-4-10-27)36(43)39-30-11-5-6-12-30/h2-4,7-10,13-22,30,34H,5-6,11-12,23-25H2,1H3,(H,39,43). The SMILES string of the molecule is Cc1ccc(S(=O)(=O)N(CC(=O)N(Cc2ccc(Br)cc2)C(Cc2ccccc2)C(=O)NC2CCCC2)c2ccccc2F)cc1. The highest BCUT2D eigenvalue weighted by Gasteiger charge is 2.36. The Bertz CT molecular complexity index is 1750. The zero-order valence-corrected chi connectivity index (χ0v) is 28.0. The molecule has 1 aliphatic carbocycles. The molecule has 240 valence electrons. The van der Waals surface area contributed by atoms with Crippen LogP contribution in [0.4, 0.5) is 10.1 Å². The number of nitrogens with zero attached hydrogens (tertiary/aromatic N) is 2. The van der Waals surface area contributed by atoms with Crippen molar-refractivity contribution in [2.45, 2.75) is 62.6 Å². The number of halogens is 2. The molecule has 4 aromatic rings. The smallest absolute Gasteiger partial charge is 0.264 e. The van der Waals surface area contributed by atoms with Crippen molar-refractivity contribution in [3.63, 3.8) is 0 Å². The molecule has 0 saturated heterocycles. The second-order valence-electron chi connectivity index (χ2n) is 11.6. The lowest BCUT2D eigenvalue weighted by atomic mass is 10.0. The summed E-state index contributed by atoms with van der Waals surface area (Å²) in [7, 11) is -4.38. The molecule has 0 aliphatic heterocycles. The Morgan fingerprint density at radius 2 is 1.50 bits per heavy atom. The van der Waals surface area contributed by atoms with Gasteiger partial charge in [0.25, 0.3) is 10.0 Å². The summed E-state index contributed by atoms with van der Waals surface area (Å²) in [5.74, 6) is -1.73. The minimum atomic E-state index is -4.38. The maximum Gasteiger partial charge on any atom is 0.264 e. The van der Waals surface area contributed by atoms with Gasteiger partial charge >= 0.3 is 0 Å². The van der Waals surface area contributed by atoms with Crippen molar-refractivity contribution < 1.29 is 22.4 Å². The highest BCUT2D eigenvalue weighted by atomic mass is 79.9. The van der Waals surface area contributed by atoms with E-state index in [2.05, 4.69) is 21.2 Å². The third-order valence-electron chi connectivity index (χ3n) is 8.25. The summed E-state index contributed by atoms with van der Waals surface area (Å²) >= 11 is 3.45. The van der Waals surface area contributed by atoms with Gasteiger partial charge in [-0.15, -0.1) is 0 Å². The number of benzene rings is 4. The van der Waals surface area contributed by atoms with Gasteiger partial charge in [-0.25, -0.2) is 12.8 Å². The summed E-state index contributed by atoms with van der Waals surface area (Å²) in [6, 6.07) is 27.5. The third-order valence-corrected chi connectivity index (χ3v) is 10.6. The predicted octanol–water partition coefficient (Wildman–Crippen LogP) is 6.79. The van der Waals surface area contributed by atoms with Crippen molar-refractivity contribution in [1.82, 2.24) is 10.2 Å². The highest BCUT2D eigenvalue weighted by Crippen LogP contribution is 2.28. The van der Waals surface area contributed by atoms with E-state index in [4.69, 9.17) is 0 Å². The molecule has 0 bridgehead atoms. The van der Waals surface area contributed by atoms with Crippen molar-refractivity contribution in [1.29, 1.82) is 0 Å². The van der Waals surface area contributed by atoms with Gasteiger partial charge in [0.15, 0.2) is 0 Å². The van der Waals surface area contributed by atoms with Gasteiger partial charge in [0.1, 0.15) is 18.4 Å². The Hall–Kier alpha value is -4.02. The average molecular weight is 707 g/mol. The molecular formula is C36H37BrFN3O4S.